The molecular weight excluding hydrogens is 240 g/mol. The van der Waals surface area contributed by atoms with Crippen LogP contribution in [0.4, 0.5) is 0 Å². The average Bonchev–Trinajstić information content (AvgIpc) is 2.53. The van der Waals surface area contributed by atoms with Gasteiger partial charge in [-0.05, 0) is 55.9 Å². The molecule has 0 bridgehead atoms. The van der Waals surface area contributed by atoms with Crippen LogP contribution in [-0.4, -0.2) is 0 Å². The second-order valence-electron chi connectivity index (χ2n) is 5.71. The van der Waals surface area contributed by atoms with Gasteiger partial charge < -0.3 is 0 Å². The Morgan fingerprint density at radius 3 is 2.45 bits per heavy atom. The third kappa shape index (κ3) is 1.17. The van der Waals surface area contributed by atoms with Gasteiger partial charge in [-0.25, -0.2) is 0 Å². The molecular formula is C20H14. The van der Waals surface area contributed by atoms with Gasteiger partial charge in [-0.15, -0.1) is 0 Å². The van der Waals surface area contributed by atoms with Gasteiger partial charge >= 0.3 is 0 Å². The summed E-state index contributed by atoms with van der Waals surface area (Å²) in [6.45, 7) is 0. The van der Waals surface area contributed by atoms with Crippen LogP contribution in [0.25, 0.3) is 38.4 Å². The van der Waals surface area contributed by atoms with Crippen LogP contribution in [0, 0.1) is 0 Å². The van der Waals surface area contributed by atoms with Crippen molar-refractivity contribution < 1.29 is 0 Å². The lowest BCUT2D eigenvalue weighted by molar-refractivity contribution is 1.04. The van der Waals surface area contributed by atoms with Gasteiger partial charge in [-0.1, -0.05) is 60.7 Å². The van der Waals surface area contributed by atoms with E-state index in [1.54, 1.807) is 0 Å². The predicted molar refractivity (Wildman–Crippen MR) is 87.0 cm³/mol. The second-order valence-corrected chi connectivity index (χ2v) is 5.71. The maximum Gasteiger partial charge on any atom is -0.00237 e. The highest BCUT2D eigenvalue weighted by atomic mass is 14.2. The topological polar surface area (TPSA) is 0 Å². The Morgan fingerprint density at radius 1 is 0.650 bits per heavy atom. The Kier molecular flexibility index (Phi) is 1.88. The molecule has 94 valence electrons. The number of aryl methyl sites for hydroxylation is 1. The standard InChI is InChI=1S/C20H14/c1-2-8-16-15(7-1)17-9-3-5-13-11-12-14-6-4-10-18(16)20(14)19(13)17/h1-3,5,7-12H,4,6H2. The highest BCUT2D eigenvalue weighted by molar-refractivity contribution is 6.22. The van der Waals surface area contributed by atoms with E-state index in [9.17, 15) is 0 Å². The van der Waals surface area contributed by atoms with E-state index in [0.717, 1.165) is 6.42 Å². The van der Waals surface area contributed by atoms with E-state index in [2.05, 4.69) is 60.7 Å². The van der Waals surface area contributed by atoms with Gasteiger partial charge in [0.05, 0.1) is 0 Å². The van der Waals surface area contributed by atoms with E-state index in [-0.39, 0.29) is 0 Å². The Hall–Kier alpha value is -2.34. The summed E-state index contributed by atoms with van der Waals surface area (Å²) < 4.78 is 0. The van der Waals surface area contributed by atoms with Gasteiger partial charge in [0.25, 0.3) is 0 Å². The van der Waals surface area contributed by atoms with Gasteiger partial charge in [0.1, 0.15) is 0 Å². The molecule has 0 spiro atoms. The van der Waals surface area contributed by atoms with Crippen LogP contribution in [0.2, 0.25) is 0 Å². The molecule has 1 aliphatic rings. The normalized spacial score (nSPS) is 14.0. The summed E-state index contributed by atoms with van der Waals surface area (Å²) in [5, 5.41) is 9.94. The molecule has 1 aliphatic carbocycles. The first-order valence-electron chi connectivity index (χ1n) is 7.28. The van der Waals surface area contributed by atoms with Crippen molar-refractivity contribution in [2.24, 2.45) is 0 Å². The van der Waals surface area contributed by atoms with Gasteiger partial charge in [0.2, 0.25) is 0 Å². The molecule has 0 nitrogen and oxygen atoms in total. The van der Waals surface area contributed by atoms with E-state index >= 15 is 0 Å². The molecule has 0 heterocycles. The largest absolute Gasteiger partial charge is 0.0757 e. The Morgan fingerprint density at radius 2 is 1.50 bits per heavy atom. The van der Waals surface area contributed by atoms with E-state index in [4.69, 9.17) is 0 Å². The minimum absolute atomic E-state index is 1.16. The molecule has 4 aromatic rings. The predicted octanol–water partition coefficient (Wildman–Crippen LogP) is 4.59. The van der Waals surface area contributed by atoms with Crippen molar-refractivity contribution in [3.63, 3.8) is 0 Å². The molecule has 0 saturated carbocycles. The fraction of sp³-hybridized carbons (Fsp3) is 0.100. The summed E-state index contributed by atoms with van der Waals surface area (Å²) in [7, 11) is 0. The third-order valence-electron chi connectivity index (χ3n) is 4.67. The quantitative estimate of drug-likeness (QED) is 0.318. The number of hydrogen-bond donors (Lipinski definition) is 0. The van der Waals surface area contributed by atoms with Crippen molar-refractivity contribution in [2.45, 2.75) is 12.8 Å². The van der Waals surface area contributed by atoms with E-state index in [0.29, 0.717) is 0 Å². The zero-order valence-electron chi connectivity index (χ0n) is 11.2. The average molecular weight is 254 g/mol. The minimum atomic E-state index is 1.16. The molecule has 5 rings (SSSR count). The first-order chi connectivity index (χ1) is 9.93. The van der Waals surface area contributed by atoms with Crippen molar-refractivity contribution in [3.8, 4) is 0 Å². The van der Waals surface area contributed by atoms with E-state index in [1.165, 1.54) is 49.5 Å². The van der Waals surface area contributed by atoms with Crippen molar-refractivity contribution >= 4 is 38.4 Å². The van der Waals surface area contributed by atoms with Crippen LogP contribution in [0.15, 0.2) is 54.6 Å². The Bertz CT molecular complexity index is 1040. The van der Waals surface area contributed by atoms with Crippen molar-refractivity contribution in [2.75, 3.05) is 0 Å². The molecule has 0 heteroatoms. The molecule has 4 aromatic carbocycles. The van der Waals surface area contributed by atoms with Crippen molar-refractivity contribution in [1.82, 2.24) is 0 Å². The number of benzene rings is 4. The van der Waals surface area contributed by atoms with Crippen LogP contribution in [-0.2, 0) is 6.42 Å². The Balaban J connectivity index is 2.29. The summed E-state index contributed by atoms with van der Waals surface area (Å²) in [5.41, 5.74) is 1.51. The summed E-state index contributed by atoms with van der Waals surface area (Å²) >= 11 is 0. The summed E-state index contributed by atoms with van der Waals surface area (Å²) in [6.07, 6.45) is 4.76. The van der Waals surface area contributed by atoms with Gasteiger partial charge in [0.15, 0.2) is 0 Å². The van der Waals surface area contributed by atoms with Gasteiger partial charge in [-0.2, -0.15) is 0 Å². The molecule has 0 atom stereocenters. The molecule has 0 saturated heterocycles. The third-order valence-corrected chi connectivity index (χ3v) is 4.67. The lowest BCUT2D eigenvalue weighted by atomic mass is 9.86. The number of fused-ring (bicyclic) bond motifs is 3. The van der Waals surface area contributed by atoms with Crippen LogP contribution in [0.3, 0.4) is 0 Å². The Labute approximate surface area is 117 Å². The molecule has 0 aliphatic heterocycles. The lowest BCUT2D eigenvalue weighted by Crippen LogP contribution is -2.11. The monoisotopic (exact) mass is 254 g/mol. The zero-order chi connectivity index (χ0) is 13.1. The van der Waals surface area contributed by atoms with Crippen LogP contribution < -0.4 is 5.22 Å². The van der Waals surface area contributed by atoms with Crippen LogP contribution in [0.5, 0.6) is 0 Å². The van der Waals surface area contributed by atoms with Crippen LogP contribution in [0.1, 0.15) is 12.0 Å². The SMILES string of the molecule is C1=c2c3ccccc3c3cccc4ccc(c2c43)CC1. The van der Waals surface area contributed by atoms with Crippen LogP contribution >= 0.6 is 0 Å². The summed E-state index contributed by atoms with van der Waals surface area (Å²) in [4.78, 5) is 0. The maximum atomic E-state index is 2.43. The minimum Gasteiger partial charge on any atom is -0.0757 e. The number of hydrogen-bond acceptors (Lipinski definition) is 0. The highest BCUT2D eigenvalue weighted by Gasteiger charge is 2.14. The zero-order valence-corrected chi connectivity index (χ0v) is 11.2. The molecule has 20 heavy (non-hydrogen) atoms. The molecule has 0 N–H and O–H groups in total. The first-order valence-corrected chi connectivity index (χ1v) is 7.28. The summed E-state index contributed by atoms with van der Waals surface area (Å²) in [5.74, 6) is 0. The first kappa shape index (κ1) is 10.4. The lowest BCUT2D eigenvalue weighted by Gasteiger charge is -2.17. The second kappa shape index (κ2) is 3.61. The van der Waals surface area contributed by atoms with E-state index in [1.807, 2.05) is 0 Å². The van der Waals surface area contributed by atoms with Gasteiger partial charge in [-0.3, -0.25) is 0 Å². The van der Waals surface area contributed by atoms with Crippen molar-refractivity contribution in [1.29, 1.82) is 0 Å². The van der Waals surface area contributed by atoms with Gasteiger partial charge in [0, 0.05) is 0 Å². The molecule has 0 unspecified atom stereocenters. The molecule has 0 radical (unpaired) electrons. The fourth-order valence-electron chi connectivity index (χ4n) is 3.83. The summed E-state index contributed by atoms with van der Waals surface area (Å²) in [6, 6.07) is 20.1. The molecule has 0 amide bonds. The maximum absolute atomic E-state index is 2.43. The fourth-order valence-corrected chi connectivity index (χ4v) is 3.83. The van der Waals surface area contributed by atoms with Crippen molar-refractivity contribution in [3.05, 3.63) is 65.4 Å². The van der Waals surface area contributed by atoms with E-state index < -0.39 is 0 Å². The highest BCUT2D eigenvalue weighted by Crippen LogP contribution is 2.34. The molecule has 0 aromatic heterocycles. The smallest absolute Gasteiger partial charge is 0.00237 e. The number of rotatable bonds is 0. The molecule has 0 fully saturated rings.